The normalized spacial score (nSPS) is 15.8. The van der Waals surface area contributed by atoms with E-state index in [1.54, 1.807) is 12.1 Å². The predicted molar refractivity (Wildman–Crippen MR) is 120 cm³/mol. The van der Waals surface area contributed by atoms with Crippen molar-refractivity contribution >= 4 is 16.5 Å². The maximum absolute atomic E-state index is 11.3. The van der Waals surface area contributed by atoms with E-state index >= 15 is 0 Å². The number of nitro groups is 1. The number of nitrogens with zero attached hydrogens (tertiary/aromatic N) is 2. The van der Waals surface area contributed by atoms with Gasteiger partial charge >= 0.3 is 0 Å². The highest BCUT2D eigenvalue weighted by Crippen LogP contribution is 2.35. The van der Waals surface area contributed by atoms with Gasteiger partial charge in [0.1, 0.15) is 11.9 Å². The highest BCUT2D eigenvalue weighted by atomic mass is 16.6. The lowest BCUT2D eigenvalue weighted by Gasteiger charge is -2.26. The van der Waals surface area contributed by atoms with Gasteiger partial charge in [-0.05, 0) is 62.5 Å². The van der Waals surface area contributed by atoms with Gasteiger partial charge < -0.3 is 9.64 Å². The SMILES string of the molecule is CC(Oc1ccc([N+](=O)[O-])c2ccccc12)c1ccc(CCN2CCCCC2)cc1. The number of piperidine rings is 1. The van der Waals surface area contributed by atoms with E-state index in [2.05, 4.69) is 29.2 Å². The Morgan fingerprint density at radius 3 is 2.37 bits per heavy atom. The highest BCUT2D eigenvalue weighted by Gasteiger charge is 2.17. The van der Waals surface area contributed by atoms with Crippen molar-refractivity contribution in [3.63, 3.8) is 0 Å². The Kier molecular flexibility index (Phi) is 6.29. The molecule has 0 N–H and O–H groups in total. The third-order valence-electron chi connectivity index (χ3n) is 5.98. The van der Waals surface area contributed by atoms with Crippen LogP contribution in [0.2, 0.25) is 0 Å². The van der Waals surface area contributed by atoms with E-state index in [1.165, 1.54) is 44.0 Å². The summed E-state index contributed by atoms with van der Waals surface area (Å²) in [5.74, 6) is 0.665. The third kappa shape index (κ3) is 4.62. The summed E-state index contributed by atoms with van der Waals surface area (Å²) >= 11 is 0. The van der Waals surface area contributed by atoms with Gasteiger partial charge in [-0.3, -0.25) is 10.1 Å². The van der Waals surface area contributed by atoms with Crippen LogP contribution in [0.3, 0.4) is 0 Å². The Morgan fingerprint density at radius 1 is 0.967 bits per heavy atom. The molecular weight excluding hydrogens is 376 g/mol. The molecule has 5 nitrogen and oxygen atoms in total. The molecule has 1 aliphatic rings. The van der Waals surface area contributed by atoms with Crippen molar-refractivity contribution < 1.29 is 9.66 Å². The first-order chi connectivity index (χ1) is 14.6. The van der Waals surface area contributed by atoms with E-state index < -0.39 is 0 Å². The number of fused-ring (bicyclic) bond motifs is 1. The second-order valence-corrected chi connectivity index (χ2v) is 8.04. The lowest BCUT2D eigenvalue weighted by atomic mass is 10.0. The first-order valence-corrected chi connectivity index (χ1v) is 10.8. The number of hydrogen-bond acceptors (Lipinski definition) is 4. The van der Waals surface area contributed by atoms with Gasteiger partial charge in [0.15, 0.2) is 0 Å². The minimum Gasteiger partial charge on any atom is -0.485 e. The van der Waals surface area contributed by atoms with E-state index in [4.69, 9.17) is 4.74 Å². The molecule has 0 aromatic heterocycles. The van der Waals surface area contributed by atoms with E-state index in [-0.39, 0.29) is 16.7 Å². The van der Waals surface area contributed by atoms with Crippen molar-refractivity contribution in [2.75, 3.05) is 19.6 Å². The second-order valence-electron chi connectivity index (χ2n) is 8.04. The smallest absolute Gasteiger partial charge is 0.277 e. The Morgan fingerprint density at radius 2 is 1.67 bits per heavy atom. The van der Waals surface area contributed by atoms with E-state index in [9.17, 15) is 10.1 Å². The molecule has 0 spiro atoms. The average molecular weight is 405 g/mol. The molecule has 4 rings (SSSR count). The largest absolute Gasteiger partial charge is 0.485 e. The molecule has 1 saturated heterocycles. The zero-order chi connectivity index (χ0) is 20.9. The number of nitro benzene ring substituents is 1. The number of rotatable bonds is 7. The second kappa shape index (κ2) is 9.26. The van der Waals surface area contributed by atoms with E-state index in [1.807, 2.05) is 25.1 Å². The predicted octanol–water partition coefficient (Wildman–Crippen LogP) is 5.92. The molecular formula is C25H28N2O3. The Balaban J connectivity index is 1.44. The molecule has 0 aliphatic carbocycles. The molecule has 0 amide bonds. The van der Waals surface area contributed by atoms with Gasteiger partial charge in [0.05, 0.1) is 10.3 Å². The average Bonchev–Trinajstić information content (AvgIpc) is 2.78. The van der Waals surface area contributed by atoms with Gasteiger partial charge in [0.25, 0.3) is 5.69 Å². The quantitative estimate of drug-likeness (QED) is 0.362. The Bertz CT molecular complexity index is 1010. The van der Waals surface area contributed by atoms with Crippen LogP contribution in [0, 0.1) is 10.1 Å². The van der Waals surface area contributed by atoms with Gasteiger partial charge in [-0.1, -0.05) is 48.9 Å². The first-order valence-electron chi connectivity index (χ1n) is 10.8. The number of hydrogen-bond donors (Lipinski definition) is 0. The third-order valence-corrected chi connectivity index (χ3v) is 5.98. The number of ether oxygens (including phenoxy) is 1. The molecule has 0 radical (unpaired) electrons. The van der Waals surface area contributed by atoms with Crippen molar-refractivity contribution in [1.29, 1.82) is 0 Å². The highest BCUT2D eigenvalue weighted by molar-refractivity contribution is 5.95. The number of likely N-dealkylation sites (tertiary alicyclic amines) is 1. The summed E-state index contributed by atoms with van der Waals surface area (Å²) in [5, 5.41) is 12.7. The molecule has 30 heavy (non-hydrogen) atoms. The summed E-state index contributed by atoms with van der Waals surface area (Å²) in [5.41, 5.74) is 2.54. The van der Waals surface area contributed by atoms with Crippen LogP contribution >= 0.6 is 0 Å². The van der Waals surface area contributed by atoms with E-state index in [0.29, 0.717) is 11.1 Å². The minimum absolute atomic E-state index is 0.101. The van der Waals surface area contributed by atoms with Crippen LogP contribution in [-0.2, 0) is 6.42 Å². The number of benzene rings is 3. The molecule has 3 aromatic carbocycles. The van der Waals surface area contributed by atoms with Crippen LogP contribution in [0.15, 0.2) is 60.7 Å². The molecule has 0 bridgehead atoms. The zero-order valence-corrected chi connectivity index (χ0v) is 17.4. The summed E-state index contributed by atoms with van der Waals surface area (Å²) in [6, 6.07) is 19.2. The molecule has 156 valence electrons. The van der Waals surface area contributed by atoms with Crippen molar-refractivity contribution in [2.24, 2.45) is 0 Å². The van der Waals surface area contributed by atoms with Crippen LogP contribution in [0.1, 0.15) is 43.4 Å². The van der Waals surface area contributed by atoms with Crippen LogP contribution in [0.25, 0.3) is 10.8 Å². The van der Waals surface area contributed by atoms with Gasteiger partial charge in [0, 0.05) is 18.0 Å². The molecule has 1 heterocycles. The maximum atomic E-state index is 11.3. The Labute approximate surface area is 177 Å². The Hall–Kier alpha value is -2.92. The van der Waals surface area contributed by atoms with Gasteiger partial charge in [0.2, 0.25) is 0 Å². The summed E-state index contributed by atoms with van der Waals surface area (Å²) in [6.45, 7) is 5.59. The summed E-state index contributed by atoms with van der Waals surface area (Å²) in [6.07, 6.45) is 4.94. The van der Waals surface area contributed by atoms with Crippen molar-refractivity contribution in [2.45, 2.75) is 38.7 Å². The van der Waals surface area contributed by atoms with Crippen molar-refractivity contribution in [1.82, 2.24) is 4.90 Å². The summed E-state index contributed by atoms with van der Waals surface area (Å²) < 4.78 is 6.21. The van der Waals surface area contributed by atoms with Gasteiger partial charge in [-0.25, -0.2) is 0 Å². The lowest BCUT2D eigenvalue weighted by Crippen LogP contribution is -2.31. The molecule has 3 aromatic rings. The van der Waals surface area contributed by atoms with Crippen LogP contribution in [0.4, 0.5) is 5.69 Å². The zero-order valence-electron chi connectivity index (χ0n) is 17.4. The van der Waals surface area contributed by atoms with Crippen LogP contribution in [0.5, 0.6) is 5.75 Å². The van der Waals surface area contributed by atoms with E-state index in [0.717, 1.165) is 23.9 Å². The van der Waals surface area contributed by atoms with Crippen LogP contribution in [-0.4, -0.2) is 29.5 Å². The van der Waals surface area contributed by atoms with Gasteiger partial charge in [-0.15, -0.1) is 0 Å². The monoisotopic (exact) mass is 404 g/mol. The molecule has 1 unspecified atom stereocenters. The summed E-state index contributed by atoms with van der Waals surface area (Å²) in [7, 11) is 0. The summed E-state index contributed by atoms with van der Waals surface area (Å²) in [4.78, 5) is 13.5. The first kappa shape index (κ1) is 20.4. The van der Waals surface area contributed by atoms with Crippen LogP contribution < -0.4 is 4.74 Å². The molecule has 1 fully saturated rings. The maximum Gasteiger partial charge on any atom is 0.277 e. The lowest BCUT2D eigenvalue weighted by molar-refractivity contribution is -0.383. The minimum atomic E-state index is -0.349. The standard InChI is InChI=1S/C25H28N2O3/c1-19(21-11-9-20(10-12-21)15-18-26-16-5-2-6-17-26)30-25-14-13-24(27(28)29)22-7-3-4-8-23(22)25/h3-4,7-14,19H,2,5-6,15-18H2,1H3. The van der Waals surface area contributed by atoms with Crippen molar-refractivity contribution in [3.8, 4) is 5.75 Å². The fourth-order valence-corrected chi connectivity index (χ4v) is 4.20. The fourth-order valence-electron chi connectivity index (χ4n) is 4.20. The van der Waals surface area contributed by atoms with Gasteiger partial charge in [-0.2, -0.15) is 0 Å². The van der Waals surface area contributed by atoms with Crippen molar-refractivity contribution in [3.05, 3.63) is 81.9 Å². The molecule has 1 aliphatic heterocycles. The topological polar surface area (TPSA) is 55.6 Å². The molecule has 0 saturated carbocycles. The molecule has 5 heteroatoms. The molecule has 1 atom stereocenters. The fraction of sp³-hybridized carbons (Fsp3) is 0.360. The number of non-ortho nitro benzene ring substituents is 1.